The van der Waals surface area contributed by atoms with Crippen molar-refractivity contribution in [2.45, 2.75) is 18.9 Å². The Morgan fingerprint density at radius 2 is 1.50 bits per heavy atom. The van der Waals surface area contributed by atoms with E-state index < -0.39 is 12.0 Å². The van der Waals surface area contributed by atoms with E-state index in [1.807, 2.05) is 48.5 Å². The molecule has 0 aromatic heterocycles. The molecule has 0 fully saturated rings. The van der Waals surface area contributed by atoms with Crippen molar-refractivity contribution in [2.75, 3.05) is 6.54 Å². The number of benzene rings is 2. The first-order valence-corrected chi connectivity index (χ1v) is 6.74. The highest BCUT2D eigenvalue weighted by molar-refractivity contribution is 5.75. The fourth-order valence-corrected chi connectivity index (χ4v) is 2.19. The molecule has 3 heteroatoms. The van der Waals surface area contributed by atoms with Crippen LogP contribution in [0.4, 0.5) is 0 Å². The molecule has 0 saturated carbocycles. The molecular weight excluding hydrogens is 250 g/mol. The van der Waals surface area contributed by atoms with Gasteiger partial charge in [0.05, 0.1) is 0 Å². The zero-order valence-electron chi connectivity index (χ0n) is 11.5. The van der Waals surface area contributed by atoms with Crippen LogP contribution in [0.5, 0.6) is 0 Å². The zero-order valence-corrected chi connectivity index (χ0v) is 11.5. The zero-order chi connectivity index (χ0) is 14.4. The van der Waals surface area contributed by atoms with Crippen LogP contribution in [-0.2, 0) is 4.79 Å². The van der Waals surface area contributed by atoms with E-state index in [0.29, 0.717) is 6.54 Å². The smallest absolute Gasteiger partial charge is 0.325 e. The van der Waals surface area contributed by atoms with Gasteiger partial charge in [0.15, 0.2) is 0 Å². The molecule has 2 rings (SSSR count). The average Bonchev–Trinajstić information content (AvgIpc) is 2.49. The summed E-state index contributed by atoms with van der Waals surface area (Å²) in [6.07, 6.45) is 0. The lowest BCUT2D eigenvalue weighted by atomic mass is 10.00. The van der Waals surface area contributed by atoms with Gasteiger partial charge in [0.1, 0.15) is 6.04 Å². The van der Waals surface area contributed by atoms with Crippen molar-refractivity contribution >= 4 is 5.97 Å². The van der Waals surface area contributed by atoms with Gasteiger partial charge in [0, 0.05) is 6.54 Å². The molecule has 0 aliphatic rings. The van der Waals surface area contributed by atoms with Crippen LogP contribution >= 0.6 is 0 Å². The Hall–Kier alpha value is -2.13. The SMILES string of the molecule is CC(CNC(C(=O)O)c1ccccc1)c1ccccc1. The largest absolute Gasteiger partial charge is 0.480 e. The maximum atomic E-state index is 11.4. The third kappa shape index (κ3) is 3.68. The van der Waals surface area contributed by atoms with Crippen molar-refractivity contribution in [3.8, 4) is 0 Å². The van der Waals surface area contributed by atoms with Gasteiger partial charge in [-0.2, -0.15) is 0 Å². The van der Waals surface area contributed by atoms with Crippen LogP contribution in [0.2, 0.25) is 0 Å². The van der Waals surface area contributed by atoms with E-state index in [9.17, 15) is 9.90 Å². The van der Waals surface area contributed by atoms with Crippen molar-refractivity contribution in [2.24, 2.45) is 0 Å². The van der Waals surface area contributed by atoms with E-state index in [4.69, 9.17) is 0 Å². The summed E-state index contributed by atoms with van der Waals surface area (Å²) in [5, 5.41) is 12.5. The highest BCUT2D eigenvalue weighted by Gasteiger charge is 2.19. The number of carbonyl (C=O) groups is 1. The van der Waals surface area contributed by atoms with Gasteiger partial charge in [-0.1, -0.05) is 67.6 Å². The summed E-state index contributed by atoms with van der Waals surface area (Å²) in [4.78, 5) is 11.4. The van der Waals surface area contributed by atoms with Gasteiger partial charge in [-0.25, -0.2) is 0 Å². The second-order valence-corrected chi connectivity index (χ2v) is 4.90. The monoisotopic (exact) mass is 269 g/mol. The molecule has 3 nitrogen and oxygen atoms in total. The van der Waals surface area contributed by atoms with Crippen molar-refractivity contribution in [3.05, 3.63) is 71.8 Å². The summed E-state index contributed by atoms with van der Waals surface area (Å²) in [7, 11) is 0. The van der Waals surface area contributed by atoms with Crippen molar-refractivity contribution in [3.63, 3.8) is 0 Å². The van der Waals surface area contributed by atoms with E-state index in [1.165, 1.54) is 5.56 Å². The summed E-state index contributed by atoms with van der Waals surface area (Å²) in [6, 6.07) is 18.7. The lowest BCUT2D eigenvalue weighted by molar-refractivity contribution is -0.139. The highest BCUT2D eigenvalue weighted by Crippen LogP contribution is 2.17. The number of hydrogen-bond acceptors (Lipinski definition) is 2. The maximum absolute atomic E-state index is 11.4. The van der Waals surface area contributed by atoms with Gasteiger partial charge in [0.25, 0.3) is 0 Å². The van der Waals surface area contributed by atoms with Gasteiger partial charge >= 0.3 is 5.97 Å². The fraction of sp³-hybridized carbons (Fsp3) is 0.235. The van der Waals surface area contributed by atoms with E-state index in [2.05, 4.69) is 24.4 Å². The molecule has 0 amide bonds. The maximum Gasteiger partial charge on any atom is 0.325 e. The van der Waals surface area contributed by atoms with Gasteiger partial charge < -0.3 is 10.4 Å². The average molecular weight is 269 g/mol. The molecule has 2 N–H and O–H groups in total. The van der Waals surface area contributed by atoms with Gasteiger partial charge in [-0.3, -0.25) is 4.79 Å². The minimum absolute atomic E-state index is 0.266. The molecule has 0 bridgehead atoms. The minimum atomic E-state index is -0.850. The Morgan fingerprint density at radius 3 is 2.00 bits per heavy atom. The van der Waals surface area contributed by atoms with Crippen LogP contribution < -0.4 is 5.32 Å². The number of rotatable bonds is 6. The predicted octanol–water partition coefficient (Wildman–Crippen LogP) is 3.21. The molecule has 0 saturated heterocycles. The lowest BCUT2D eigenvalue weighted by Gasteiger charge is -2.18. The first-order chi connectivity index (χ1) is 9.68. The Morgan fingerprint density at radius 1 is 1.00 bits per heavy atom. The molecule has 20 heavy (non-hydrogen) atoms. The molecule has 2 aromatic rings. The van der Waals surface area contributed by atoms with Crippen LogP contribution in [0, 0.1) is 0 Å². The van der Waals surface area contributed by atoms with Crippen LogP contribution in [0.25, 0.3) is 0 Å². The summed E-state index contributed by atoms with van der Waals surface area (Å²) in [5.41, 5.74) is 1.98. The van der Waals surface area contributed by atoms with E-state index >= 15 is 0 Å². The number of carboxylic acids is 1. The Labute approximate surface area is 119 Å². The molecule has 104 valence electrons. The number of nitrogens with one attached hydrogen (secondary N) is 1. The molecule has 0 radical (unpaired) electrons. The molecule has 2 aromatic carbocycles. The first kappa shape index (κ1) is 14.3. The van der Waals surface area contributed by atoms with Gasteiger partial charge in [-0.15, -0.1) is 0 Å². The summed E-state index contributed by atoms with van der Waals surface area (Å²) in [6.45, 7) is 2.71. The van der Waals surface area contributed by atoms with Crippen molar-refractivity contribution in [1.29, 1.82) is 0 Å². The Kier molecular flexibility index (Phi) is 4.91. The standard InChI is InChI=1S/C17H19NO2/c1-13(14-8-4-2-5-9-14)12-18-16(17(19)20)15-10-6-3-7-11-15/h2-11,13,16,18H,12H2,1H3,(H,19,20). The summed E-state index contributed by atoms with van der Waals surface area (Å²) in [5.74, 6) is -0.585. The van der Waals surface area contributed by atoms with Crippen molar-refractivity contribution in [1.82, 2.24) is 5.32 Å². The Bertz CT molecular complexity index is 539. The third-order valence-corrected chi connectivity index (χ3v) is 3.38. The molecule has 0 heterocycles. The summed E-state index contributed by atoms with van der Waals surface area (Å²) < 4.78 is 0. The first-order valence-electron chi connectivity index (χ1n) is 6.74. The van der Waals surface area contributed by atoms with Gasteiger partial charge in [-0.05, 0) is 17.0 Å². The van der Waals surface area contributed by atoms with E-state index in [0.717, 1.165) is 5.56 Å². The predicted molar refractivity (Wildman–Crippen MR) is 79.7 cm³/mol. The topological polar surface area (TPSA) is 49.3 Å². The number of hydrogen-bond donors (Lipinski definition) is 2. The quantitative estimate of drug-likeness (QED) is 0.846. The van der Waals surface area contributed by atoms with Crippen molar-refractivity contribution < 1.29 is 9.90 Å². The normalized spacial score (nSPS) is 13.7. The van der Waals surface area contributed by atoms with Crippen LogP contribution in [0.1, 0.15) is 30.0 Å². The molecule has 0 spiro atoms. The molecule has 2 atom stereocenters. The fourth-order valence-electron chi connectivity index (χ4n) is 2.19. The lowest BCUT2D eigenvalue weighted by Crippen LogP contribution is -2.31. The third-order valence-electron chi connectivity index (χ3n) is 3.38. The van der Waals surface area contributed by atoms with E-state index in [-0.39, 0.29) is 5.92 Å². The second kappa shape index (κ2) is 6.87. The summed E-state index contributed by atoms with van der Waals surface area (Å²) >= 11 is 0. The van der Waals surface area contributed by atoms with Gasteiger partial charge in [0.2, 0.25) is 0 Å². The van der Waals surface area contributed by atoms with Crippen LogP contribution in [0.15, 0.2) is 60.7 Å². The number of aliphatic carboxylic acids is 1. The van der Waals surface area contributed by atoms with Crippen LogP contribution in [0.3, 0.4) is 0 Å². The molecular formula is C17H19NO2. The van der Waals surface area contributed by atoms with E-state index in [1.54, 1.807) is 0 Å². The molecule has 2 unspecified atom stereocenters. The second-order valence-electron chi connectivity index (χ2n) is 4.90. The molecule has 0 aliphatic carbocycles. The minimum Gasteiger partial charge on any atom is -0.480 e. The van der Waals surface area contributed by atoms with Crippen LogP contribution in [-0.4, -0.2) is 17.6 Å². The molecule has 0 aliphatic heterocycles. The Balaban J connectivity index is 2.02. The number of carboxylic acid groups (broad SMARTS) is 1. The highest BCUT2D eigenvalue weighted by atomic mass is 16.4.